The SMILES string of the molecule is OCCNc1cc(Cl)cc(Cl)c1. The topological polar surface area (TPSA) is 32.3 Å². The van der Waals surface area contributed by atoms with Gasteiger partial charge in [0.05, 0.1) is 6.61 Å². The Balaban J connectivity index is 2.72. The van der Waals surface area contributed by atoms with E-state index in [4.69, 9.17) is 28.3 Å². The molecular formula is C8H9Cl2NO. The Morgan fingerprint density at radius 1 is 1.17 bits per heavy atom. The Labute approximate surface area is 81.1 Å². The van der Waals surface area contributed by atoms with Crippen LogP contribution in [0.1, 0.15) is 0 Å². The number of aliphatic hydroxyl groups excluding tert-OH is 1. The van der Waals surface area contributed by atoms with Gasteiger partial charge in [-0.1, -0.05) is 23.2 Å². The molecule has 0 spiro atoms. The number of nitrogens with one attached hydrogen (secondary N) is 1. The summed E-state index contributed by atoms with van der Waals surface area (Å²) in [6.07, 6.45) is 0. The monoisotopic (exact) mass is 205 g/mol. The van der Waals surface area contributed by atoms with Gasteiger partial charge in [0.15, 0.2) is 0 Å². The number of halogens is 2. The highest BCUT2D eigenvalue weighted by atomic mass is 35.5. The lowest BCUT2D eigenvalue weighted by atomic mass is 10.3. The summed E-state index contributed by atoms with van der Waals surface area (Å²) in [5.41, 5.74) is 0.821. The zero-order valence-corrected chi connectivity index (χ0v) is 7.86. The Bertz CT molecular complexity index is 245. The maximum Gasteiger partial charge on any atom is 0.0604 e. The predicted octanol–water partition coefficient (Wildman–Crippen LogP) is 2.40. The molecule has 0 aliphatic heterocycles. The smallest absolute Gasteiger partial charge is 0.0604 e. The third-order valence-corrected chi connectivity index (χ3v) is 1.74. The van der Waals surface area contributed by atoms with Crippen molar-refractivity contribution in [2.45, 2.75) is 0 Å². The van der Waals surface area contributed by atoms with Crippen molar-refractivity contribution in [3.05, 3.63) is 28.2 Å². The molecule has 66 valence electrons. The molecule has 0 heterocycles. The van der Waals surface area contributed by atoms with E-state index in [-0.39, 0.29) is 6.61 Å². The van der Waals surface area contributed by atoms with Crippen molar-refractivity contribution < 1.29 is 5.11 Å². The molecule has 0 radical (unpaired) electrons. The lowest BCUT2D eigenvalue weighted by Crippen LogP contribution is -2.04. The van der Waals surface area contributed by atoms with E-state index in [1.165, 1.54) is 0 Å². The molecule has 2 nitrogen and oxygen atoms in total. The van der Waals surface area contributed by atoms with Gasteiger partial charge in [0.2, 0.25) is 0 Å². The average Bonchev–Trinajstić information content (AvgIpc) is 1.99. The standard InChI is InChI=1S/C8H9Cl2NO/c9-6-3-7(10)5-8(4-6)11-1-2-12/h3-5,11-12H,1-2H2. The van der Waals surface area contributed by atoms with Crippen LogP contribution in [0, 0.1) is 0 Å². The summed E-state index contributed by atoms with van der Waals surface area (Å²) >= 11 is 11.5. The van der Waals surface area contributed by atoms with Crippen LogP contribution in [0.15, 0.2) is 18.2 Å². The van der Waals surface area contributed by atoms with Crippen LogP contribution in [0.2, 0.25) is 10.0 Å². The lowest BCUT2D eigenvalue weighted by molar-refractivity contribution is 0.311. The zero-order chi connectivity index (χ0) is 8.97. The van der Waals surface area contributed by atoms with Gasteiger partial charge < -0.3 is 10.4 Å². The minimum Gasteiger partial charge on any atom is -0.395 e. The Kier molecular flexibility index (Phi) is 3.66. The fourth-order valence-corrected chi connectivity index (χ4v) is 1.38. The van der Waals surface area contributed by atoms with E-state index < -0.39 is 0 Å². The summed E-state index contributed by atoms with van der Waals surface area (Å²) in [7, 11) is 0. The van der Waals surface area contributed by atoms with Gasteiger partial charge >= 0.3 is 0 Å². The third kappa shape index (κ3) is 2.89. The van der Waals surface area contributed by atoms with Crippen molar-refractivity contribution in [1.82, 2.24) is 0 Å². The van der Waals surface area contributed by atoms with Crippen molar-refractivity contribution in [1.29, 1.82) is 0 Å². The second-order valence-corrected chi connectivity index (χ2v) is 3.18. The van der Waals surface area contributed by atoms with Crippen molar-refractivity contribution in [3.63, 3.8) is 0 Å². The highest BCUT2D eigenvalue weighted by Gasteiger charge is 1.96. The van der Waals surface area contributed by atoms with Crippen LogP contribution in [0.4, 0.5) is 5.69 Å². The van der Waals surface area contributed by atoms with Gasteiger partial charge in [0, 0.05) is 22.3 Å². The molecule has 1 aromatic rings. The summed E-state index contributed by atoms with van der Waals surface area (Å²) in [4.78, 5) is 0. The van der Waals surface area contributed by atoms with Gasteiger partial charge in [-0.2, -0.15) is 0 Å². The Morgan fingerprint density at radius 3 is 2.25 bits per heavy atom. The number of benzene rings is 1. The second kappa shape index (κ2) is 4.55. The molecule has 0 saturated carbocycles. The summed E-state index contributed by atoms with van der Waals surface area (Å²) < 4.78 is 0. The first-order chi connectivity index (χ1) is 5.72. The minimum absolute atomic E-state index is 0.0874. The number of aliphatic hydroxyl groups is 1. The molecule has 0 atom stereocenters. The molecule has 0 amide bonds. The van der Waals surface area contributed by atoms with Crippen molar-refractivity contribution in [2.24, 2.45) is 0 Å². The van der Waals surface area contributed by atoms with Gasteiger partial charge in [-0.3, -0.25) is 0 Å². The fourth-order valence-electron chi connectivity index (χ4n) is 0.856. The number of hydrogen-bond acceptors (Lipinski definition) is 2. The largest absolute Gasteiger partial charge is 0.395 e. The lowest BCUT2D eigenvalue weighted by Gasteiger charge is -2.04. The van der Waals surface area contributed by atoms with Crippen LogP contribution < -0.4 is 5.32 Å². The van der Waals surface area contributed by atoms with E-state index in [2.05, 4.69) is 5.32 Å². The molecule has 0 saturated heterocycles. The second-order valence-electron chi connectivity index (χ2n) is 2.31. The fraction of sp³-hybridized carbons (Fsp3) is 0.250. The molecule has 0 unspecified atom stereocenters. The van der Waals surface area contributed by atoms with E-state index in [0.29, 0.717) is 16.6 Å². The van der Waals surface area contributed by atoms with Gasteiger partial charge in [0.25, 0.3) is 0 Å². The zero-order valence-electron chi connectivity index (χ0n) is 6.35. The molecule has 0 aliphatic carbocycles. The maximum atomic E-state index is 8.54. The van der Waals surface area contributed by atoms with Gasteiger partial charge in [-0.05, 0) is 18.2 Å². The molecule has 0 aromatic heterocycles. The van der Waals surface area contributed by atoms with E-state index in [1.807, 2.05) is 0 Å². The number of rotatable bonds is 3. The average molecular weight is 206 g/mol. The van der Waals surface area contributed by atoms with Gasteiger partial charge in [0.1, 0.15) is 0 Å². The van der Waals surface area contributed by atoms with E-state index >= 15 is 0 Å². The van der Waals surface area contributed by atoms with Crippen LogP contribution in [0.3, 0.4) is 0 Å². The summed E-state index contributed by atoms with van der Waals surface area (Å²) in [6, 6.07) is 5.17. The van der Waals surface area contributed by atoms with Crippen LogP contribution in [-0.4, -0.2) is 18.3 Å². The van der Waals surface area contributed by atoms with Crippen molar-refractivity contribution in [2.75, 3.05) is 18.5 Å². The van der Waals surface area contributed by atoms with Crippen LogP contribution in [-0.2, 0) is 0 Å². The van der Waals surface area contributed by atoms with Crippen LogP contribution in [0.5, 0.6) is 0 Å². The number of hydrogen-bond donors (Lipinski definition) is 2. The van der Waals surface area contributed by atoms with Crippen molar-refractivity contribution >= 4 is 28.9 Å². The molecule has 4 heteroatoms. The van der Waals surface area contributed by atoms with Gasteiger partial charge in [-0.25, -0.2) is 0 Å². The Hall–Kier alpha value is -0.440. The van der Waals surface area contributed by atoms with E-state index in [0.717, 1.165) is 5.69 Å². The molecule has 1 rings (SSSR count). The van der Waals surface area contributed by atoms with Crippen LogP contribution >= 0.6 is 23.2 Å². The summed E-state index contributed by atoms with van der Waals surface area (Å²) in [5, 5.41) is 12.7. The highest BCUT2D eigenvalue weighted by Crippen LogP contribution is 2.21. The minimum atomic E-state index is 0.0874. The van der Waals surface area contributed by atoms with Gasteiger partial charge in [-0.15, -0.1) is 0 Å². The number of anilines is 1. The third-order valence-electron chi connectivity index (χ3n) is 1.30. The van der Waals surface area contributed by atoms with Crippen molar-refractivity contribution in [3.8, 4) is 0 Å². The normalized spacial score (nSPS) is 9.92. The quantitative estimate of drug-likeness (QED) is 0.795. The molecule has 2 N–H and O–H groups in total. The molecular weight excluding hydrogens is 197 g/mol. The summed E-state index contributed by atoms with van der Waals surface area (Å²) in [6.45, 7) is 0.584. The van der Waals surface area contributed by atoms with E-state index in [1.54, 1.807) is 18.2 Å². The molecule has 0 fully saturated rings. The molecule has 12 heavy (non-hydrogen) atoms. The highest BCUT2D eigenvalue weighted by molar-refractivity contribution is 6.35. The first kappa shape index (κ1) is 9.65. The molecule has 0 bridgehead atoms. The summed E-state index contributed by atoms with van der Waals surface area (Å²) in [5.74, 6) is 0. The Morgan fingerprint density at radius 2 is 1.75 bits per heavy atom. The van der Waals surface area contributed by atoms with E-state index in [9.17, 15) is 0 Å². The maximum absolute atomic E-state index is 8.54. The predicted molar refractivity (Wildman–Crippen MR) is 52.0 cm³/mol. The first-order valence-corrected chi connectivity index (χ1v) is 4.29. The molecule has 0 aliphatic rings. The first-order valence-electron chi connectivity index (χ1n) is 3.53. The van der Waals surface area contributed by atoms with Crippen LogP contribution in [0.25, 0.3) is 0 Å². The molecule has 1 aromatic carbocycles.